The summed E-state index contributed by atoms with van der Waals surface area (Å²) in [5, 5.41) is 8.42. The topological polar surface area (TPSA) is 98.5 Å². The molecule has 1 saturated heterocycles. The first-order valence-electron chi connectivity index (χ1n) is 12.1. The average Bonchev–Trinajstić information content (AvgIpc) is 3.43. The third kappa shape index (κ3) is 6.58. The lowest BCUT2D eigenvalue weighted by molar-refractivity contribution is -0.305. The van der Waals surface area contributed by atoms with Crippen molar-refractivity contribution in [2.24, 2.45) is 5.16 Å². The number of benzene rings is 2. The molecule has 3 aromatic rings. The summed E-state index contributed by atoms with van der Waals surface area (Å²) in [5.74, 6) is -0.00857. The van der Waals surface area contributed by atoms with Crippen molar-refractivity contribution in [1.82, 2.24) is 14.8 Å². The normalized spacial score (nSPS) is 23.6. The number of methoxy groups -OCH3 is 3. The van der Waals surface area contributed by atoms with Gasteiger partial charge in [0, 0.05) is 26.9 Å². The zero-order valence-corrected chi connectivity index (χ0v) is 22.0. The van der Waals surface area contributed by atoms with Gasteiger partial charge in [-0.1, -0.05) is 29.4 Å². The highest BCUT2D eigenvalue weighted by molar-refractivity contribution is 5.80. The van der Waals surface area contributed by atoms with E-state index in [-0.39, 0.29) is 12.2 Å². The average molecular weight is 569 g/mol. The number of hydrogen-bond donors (Lipinski definition) is 0. The van der Waals surface area contributed by atoms with Gasteiger partial charge in [0.2, 0.25) is 0 Å². The van der Waals surface area contributed by atoms with E-state index >= 15 is 0 Å². The van der Waals surface area contributed by atoms with Gasteiger partial charge in [-0.25, -0.2) is 9.67 Å². The van der Waals surface area contributed by atoms with Gasteiger partial charge in [-0.05, 0) is 36.8 Å². The molecule has 2 aromatic carbocycles. The number of oxime groups is 1. The molecule has 1 fully saturated rings. The predicted molar refractivity (Wildman–Crippen MR) is 134 cm³/mol. The Morgan fingerprint density at radius 3 is 2.20 bits per heavy atom. The molecule has 0 amide bonds. The van der Waals surface area contributed by atoms with Gasteiger partial charge in [0.05, 0.1) is 18.0 Å². The standard InChI is InChI=1S/C26H28F4N4O6/c1-15-20(35-2)21(36-3)22(37-4)24(38-15)40-32-13-16-5-7-17(8-6-16)23-31-14-34(33-23)18-9-11-19(12-10-18)39-26(29,30)25(27)28/h5-15,20-22,24-25H,1-4H3/b32-13+/t15-,20-,21+,22+,24-/m0/s1. The highest BCUT2D eigenvalue weighted by Gasteiger charge is 2.47. The molecule has 0 saturated carbocycles. The van der Waals surface area contributed by atoms with Crippen LogP contribution in [0.2, 0.25) is 0 Å². The van der Waals surface area contributed by atoms with Crippen LogP contribution in [0.3, 0.4) is 0 Å². The molecule has 1 aromatic heterocycles. The summed E-state index contributed by atoms with van der Waals surface area (Å²) in [7, 11) is 4.67. The fourth-order valence-corrected chi connectivity index (χ4v) is 4.16. The van der Waals surface area contributed by atoms with E-state index in [4.69, 9.17) is 23.8 Å². The SMILES string of the molecule is CO[C@@H]1[C@@H](OC)[C@H](C)O[C@@H](O/N=C/c2ccc(-c3ncn(-c4ccc(OC(F)(F)C(F)F)cc4)n3)cc2)[C@@H]1OC. The molecule has 2 heterocycles. The van der Waals surface area contributed by atoms with Crippen molar-refractivity contribution in [2.45, 2.75) is 50.2 Å². The van der Waals surface area contributed by atoms with Gasteiger partial charge >= 0.3 is 12.5 Å². The van der Waals surface area contributed by atoms with E-state index in [9.17, 15) is 17.6 Å². The van der Waals surface area contributed by atoms with Crippen molar-refractivity contribution in [3.63, 3.8) is 0 Å². The summed E-state index contributed by atoms with van der Waals surface area (Å²) in [5.41, 5.74) is 1.90. The first-order valence-corrected chi connectivity index (χ1v) is 12.1. The summed E-state index contributed by atoms with van der Waals surface area (Å²) in [6.07, 6.45) is -8.00. The lowest BCUT2D eigenvalue weighted by atomic mass is 9.99. The molecule has 0 radical (unpaired) electrons. The second-order valence-corrected chi connectivity index (χ2v) is 8.74. The molecule has 0 bridgehead atoms. The Kier molecular flexibility index (Phi) is 9.35. The van der Waals surface area contributed by atoms with Crippen molar-refractivity contribution >= 4 is 6.21 Å². The zero-order chi connectivity index (χ0) is 28.9. The molecule has 40 heavy (non-hydrogen) atoms. The van der Waals surface area contributed by atoms with Crippen molar-refractivity contribution in [3.05, 3.63) is 60.4 Å². The monoisotopic (exact) mass is 568 g/mol. The summed E-state index contributed by atoms with van der Waals surface area (Å²) in [6, 6.07) is 12.2. The third-order valence-electron chi connectivity index (χ3n) is 6.18. The van der Waals surface area contributed by atoms with Gasteiger partial charge in [-0.2, -0.15) is 17.6 Å². The van der Waals surface area contributed by atoms with Crippen LogP contribution >= 0.6 is 0 Å². The molecule has 10 nitrogen and oxygen atoms in total. The smallest absolute Gasteiger partial charge is 0.428 e. The van der Waals surface area contributed by atoms with Gasteiger partial charge in [-0.3, -0.25) is 0 Å². The van der Waals surface area contributed by atoms with Gasteiger partial charge in [0.25, 0.3) is 6.29 Å². The molecular formula is C26H28F4N4O6. The largest absolute Gasteiger partial charge is 0.461 e. The molecule has 0 spiro atoms. The van der Waals surface area contributed by atoms with Gasteiger partial charge in [0.1, 0.15) is 24.3 Å². The minimum Gasteiger partial charge on any atom is -0.428 e. The molecule has 0 unspecified atom stereocenters. The van der Waals surface area contributed by atoms with Gasteiger partial charge in [-0.15, -0.1) is 5.10 Å². The lowest BCUT2D eigenvalue weighted by Gasteiger charge is -2.42. The Morgan fingerprint density at radius 1 is 0.950 bits per heavy atom. The Balaban J connectivity index is 1.37. The number of ether oxygens (including phenoxy) is 5. The van der Waals surface area contributed by atoms with Crippen LogP contribution in [0.4, 0.5) is 17.6 Å². The molecule has 5 atom stereocenters. The van der Waals surface area contributed by atoms with Crippen LogP contribution in [0.25, 0.3) is 17.1 Å². The second-order valence-electron chi connectivity index (χ2n) is 8.74. The van der Waals surface area contributed by atoms with Crippen molar-refractivity contribution in [3.8, 4) is 22.8 Å². The summed E-state index contributed by atoms with van der Waals surface area (Å²) >= 11 is 0. The summed E-state index contributed by atoms with van der Waals surface area (Å²) in [4.78, 5) is 9.84. The van der Waals surface area contributed by atoms with Gasteiger partial charge in [0.15, 0.2) is 11.9 Å². The maximum Gasteiger partial charge on any atom is 0.461 e. The molecular weight excluding hydrogens is 540 g/mol. The maximum absolute atomic E-state index is 13.1. The Bertz CT molecular complexity index is 1260. The molecule has 0 aliphatic carbocycles. The van der Waals surface area contributed by atoms with E-state index in [0.717, 1.165) is 17.7 Å². The molecule has 216 valence electrons. The highest BCUT2D eigenvalue weighted by atomic mass is 19.3. The lowest BCUT2D eigenvalue weighted by Crippen LogP contribution is -2.59. The Morgan fingerprint density at radius 2 is 1.60 bits per heavy atom. The quantitative estimate of drug-likeness (QED) is 0.192. The molecule has 14 heteroatoms. The minimum atomic E-state index is -4.58. The van der Waals surface area contributed by atoms with Crippen molar-refractivity contribution < 1.29 is 46.1 Å². The summed E-state index contributed by atoms with van der Waals surface area (Å²) < 4.78 is 78.7. The number of halogens is 4. The van der Waals surface area contributed by atoms with Crippen molar-refractivity contribution in [2.75, 3.05) is 21.3 Å². The fourth-order valence-electron chi connectivity index (χ4n) is 4.16. The molecule has 1 aliphatic rings. The second kappa shape index (κ2) is 12.7. The number of hydrogen-bond acceptors (Lipinski definition) is 9. The fraction of sp³-hybridized carbons (Fsp3) is 0.423. The zero-order valence-electron chi connectivity index (χ0n) is 22.0. The van der Waals surface area contributed by atoms with Gasteiger partial charge < -0.3 is 28.5 Å². The molecule has 4 rings (SSSR count). The maximum atomic E-state index is 13.1. The third-order valence-corrected chi connectivity index (χ3v) is 6.18. The summed E-state index contributed by atoms with van der Waals surface area (Å²) in [6.45, 7) is 1.85. The van der Waals surface area contributed by atoms with Crippen molar-refractivity contribution in [1.29, 1.82) is 0 Å². The number of alkyl halides is 4. The number of rotatable bonds is 11. The van der Waals surface area contributed by atoms with E-state index in [1.165, 1.54) is 36.5 Å². The van der Waals surface area contributed by atoms with Crippen LogP contribution in [0.15, 0.2) is 60.0 Å². The van der Waals surface area contributed by atoms with E-state index in [1.54, 1.807) is 38.5 Å². The van der Waals surface area contributed by atoms with Crippen LogP contribution in [0, 0.1) is 0 Å². The highest BCUT2D eigenvalue weighted by Crippen LogP contribution is 2.29. The van der Waals surface area contributed by atoms with E-state index in [2.05, 4.69) is 20.0 Å². The van der Waals surface area contributed by atoms with E-state index in [0.29, 0.717) is 17.1 Å². The van der Waals surface area contributed by atoms with Crippen LogP contribution in [-0.2, 0) is 23.8 Å². The Hall–Kier alpha value is -3.59. The van der Waals surface area contributed by atoms with E-state index in [1.807, 2.05) is 6.92 Å². The van der Waals surface area contributed by atoms with E-state index < -0.39 is 36.8 Å². The first-order chi connectivity index (χ1) is 19.2. The van der Waals surface area contributed by atoms with Crippen LogP contribution in [0.1, 0.15) is 12.5 Å². The number of aromatic nitrogens is 3. The Labute approximate surface area is 227 Å². The van der Waals surface area contributed by atoms with Crippen LogP contribution in [-0.4, -0.2) is 85.5 Å². The first kappa shape index (κ1) is 29.4. The predicted octanol–water partition coefficient (Wildman–Crippen LogP) is 4.31. The molecule has 1 aliphatic heterocycles. The number of nitrogens with zero attached hydrogens (tertiary/aromatic N) is 4. The van der Waals surface area contributed by atoms with Crippen LogP contribution < -0.4 is 4.74 Å². The molecule has 0 N–H and O–H groups in total. The minimum absolute atomic E-state index is 0.311. The van der Waals surface area contributed by atoms with Crippen LogP contribution in [0.5, 0.6) is 5.75 Å².